The van der Waals surface area contributed by atoms with Crippen molar-refractivity contribution in [2.75, 3.05) is 6.54 Å². The minimum atomic E-state index is -3.92. The van der Waals surface area contributed by atoms with Gasteiger partial charge in [-0.25, -0.2) is 8.42 Å². The van der Waals surface area contributed by atoms with Crippen LogP contribution in [0.2, 0.25) is 0 Å². The van der Waals surface area contributed by atoms with Crippen LogP contribution in [0.4, 0.5) is 0 Å². The number of hydrogen-bond acceptors (Lipinski definition) is 6. The number of aryl methyl sites for hydroxylation is 3. The molecule has 9 nitrogen and oxygen atoms in total. The summed E-state index contributed by atoms with van der Waals surface area (Å²) in [6.45, 7) is 4.27. The summed E-state index contributed by atoms with van der Waals surface area (Å²) in [6.07, 6.45) is 3.92. The third-order valence-electron chi connectivity index (χ3n) is 6.14. The van der Waals surface area contributed by atoms with Gasteiger partial charge in [0.05, 0.1) is 5.71 Å². The Kier molecular flexibility index (Phi) is 6.29. The Morgan fingerprint density at radius 3 is 2.64 bits per heavy atom. The Labute approximate surface area is 193 Å². The fourth-order valence-electron chi connectivity index (χ4n) is 3.82. The van der Waals surface area contributed by atoms with Crippen molar-refractivity contribution in [3.05, 3.63) is 59.4 Å². The number of rotatable bonds is 9. The summed E-state index contributed by atoms with van der Waals surface area (Å²) in [5.41, 5.74) is 3.76. The van der Waals surface area contributed by atoms with E-state index in [1.165, 1.54) is 0 Å². The predicted molar refractivity (Wildman–Crippen MR) is 123 cm³/mol. The second-order valence-corrected chi connectivity index (χ2v) is 10.8. The third-order valence-corrected chi connectivity index (χ3v) is 8.33. The van der Waals surface area contributed by atoms with E-state index in [2.05, 4.69) is 15.2 Å². The van der Waals surface area contributed by atoms with E-state index in [-0.39, 0.29) is 13.0 Å². The second-order valence-electron chi connectivity index (χ2n) is 8.75. The summed E-state index contributed by atoms with van der Waals surface area (Å²) < 4.78 is 28.4. The number of amides is 2. The van der Waals surface area contributed by atoms with Crippen molar-refractivity contribution in [3.63, 3.8) is 0 Å². The van der Waals surface area contributed by atoms with Crippen molar-refractivity contribution < 1.29 is 22.8 Å². The van der Waals surface area contributed by atoms with E-state index in [9.17, 15) is 18.0 Å². The molecule has 2 amide bonds. The highest BCUT2D eigenvalue weighted by Crippen LogP contribution is 2.42. The lowest BCUT2D eigenvalue weighted by molar-refractivity contribution is -0.131. The molecule has 176 valence electrons. The molecule has 1 aliphatic carbocycles. The number of nitrogens with one attached hydrogen (secondary N) is 2. The van der Waals surface area contributed by atoms with E-state index >= 15 is 0 Å². The topological polar surface area (TPSA) is 119 Å². The van der Waals surface area contributed by atoms with Crippen LogP contribution in [0.5, 0.6) is 0 Å². The molecule has 0 bridgehead atoms. The molecular weight excluding hydrogens is 444 g/mol. The van der Waals surface area contributed by atoms with Gasteiger partial charge in [0.1, 0.15) is 4.75 Å². The van der Waals surface area contributed by atoms with Gasteiger partial charge in [0.15, 0.2) is 0 Å². The average molecular weight is 473 g/mol. The van der Waals surface area contributed by atoms with Crippen molar-refractivity contribution >= 4 is 27.5 Å². The molecule has 10 heteroatoms. The highest BCUT2D eigenvalue weighted by molar-refractivity contribution is 7.91. The smallest absolute Gasteiger partial charge is 0.264 e. The van der Waals surface area contributed by atoms with E-state index in [1.54, 1.807) is 17.0 Å². The first kappa shape index (κ1) is 23.0. The van der Waals surface area contributed by atoms with E-state index in [4.69, 9.17) is 4.84 Å². The van der Waals surface area contributed by atoms with Crippen molar-refractivity contribution in [3.8, 4) is 0 Å². The first-order valence-corrected chi connectivity index (χ1v) is 12.4. The van der Waals surface area contributed by atoms with Gasteiger partial charge in [-0.3, -0.25) is 14.3 Å². The number of aromatic nitrogens is 1. The van der Waals surface area contributed by atoms with Gasteiger partial charge in [0, 0.05) is 43.9 Å². The van der Waals surface area contributed by atoms with Crippen LogP contribution in [0.15, 0.2) is 47.9 Å². The lowest BCUT2D eigenvalue weighted by Crippen LogP contribution is -2.48. The van der Waals surface area contributed by atoms with Gasteiger partial charge in [0.2, 0.25) is 22.0 Å². The standard InChI is InChI=1S/C23H28N4O5S/c1-16-5-6-17(2)18(13-16)19-14-20(32-25-19)22(29)24-15-23(8-9-23)33(30,31)26-21(28)7-12-27-10-3-4-11-27/h3-6,10-11,13,20H,7-9,12,14-15H2,1-2H3,(H,24,29)(H,26,28). The first-order valence-electron chi connectivity index (χ1n) is 10.9. The molecule has 1 aromatic heterocycles. The Morgan fingerprint density at radius 1 is 1.21 bits per heavy atom. The first-order chi connectivity index (χ1) is 15.7. The van der Waals surface area contributed by atoms with Gasteiger partial charge in [-0.1, -0.05) is 22.9 Å². The van der Waals surface area contributed by atoms with Crippen LogP contribution < -0.4 is 10.0 Å². The van der Waals surface area contributed by atoms with Crippen molar-refractivity contribution in [1.29, 1.82) is 0 Å². The molecule has 2 heterocycles. The fourth-order valence-corrected chi connectivity index (χ4v) is 5.34. The normalized spacial score (nSPS) is 18.8. The quantitative estimate of drug-likeness (QED) is 0.577. The lowest BCUT2D eigenvalue weighted by Gasteiger charge is -2.18. The predicted octanol–water partition coefficient (Wildman–Crippen LogP) is 1.78. The van der Waals surface area contributed by atoms with Gasteiger partial charge in [-0.05, 0) is 50.5 Å². The van der Waals surface area contributed by atoms with E-state index in [1.807, 2.05) is 44.2 Å². The van der Waals surface area contributed by atoms with Crippen molar-refractivity contribution in [2.24, 2.45) is 5.16 Å². The van der Waals surface area contributed by atoms with Crippen molar-refractivity contribution in [1.82, 2.24) is 14.6 Å². The third kappa shape index (κ3) is 5.11. The molecule has 4 rings (SSSR count). The molecule has 1 unspecified atom stereocenters. The molecule has 1 saturated carbocycles. The van der Waals surface area contributed by atoms with Gasteiger partial charge >= 0.3 is 0 Å². The van der Waals surface area contributed by atoms with Gasteiger partial charge in [0.25, 0.3) is 5.91 Å². The SMILES string of the molecule is Cc1ccc(C)c(C2=NOC(C(=O)NCC3(S(=O)(=O)NC(=O)CCn4cccc4)CC3)C2)c1. The molecule has 1 aliphatic heterocycles. The number of nitrogens with zero attached hydrogens (tertiary/aromatic N) is 2. The second kappa shape index (κ2) is 9.01. The van der Waals surface area contributed by atoms with Crippen LogP contribution in [0, 0.1) is 13.8 Å². The molecule has 0 radical (unpaired) electrons. The molecule has 0 spiro atoms. The van der Waals surface area contributed by atoms with Gasteiger partial charge in [-0.2, -0.15) is 0 Å². The fraction of sp³-hybridized carbons (Fsp3) is 0.435. The number of sulfonamides is 1. The van der Waals surface area contributed by atoms with Crippen LogP contribution in [0.3, 0.4) is 0 Å². The molecule has 0 saturated heterocycles. The van der Waals surface area contributed by atoms with Crippen molar-refractivity contribution in [2.45, 2.75) is 56.9 Å². The number of carbonyl (C=O) groups is 2. The van der Waals surface area contributed by atoms with Crippen LogP contribution in [0.25, 0.3) is 0 Å². The number of oxime groups is 1. The number of hydrogen-bond donors (Lipinski definition) is 2. The van der Waals surface area contributed by atoms with Crippen LogP contribution in [0.1, 0.15) is 42.4 Å². The highest BCUT2D eigenvalue weighted by Gasteiger charge is 2.55. The molecule has 1 fully saturated rings. The highest BCUT2D eigenvalue weighted by atomic mass is 32.2. The summed E-state index contributed by atoms with van der Waals surface area (Å²) >= 11 is 0. The molecular formula is C23H28N4O5S. The van der Waals surface area contributed by atoms with E-state index < -0.39 is 32.7 Å². The lowest BCUT2D eigenvalue weighted by atomic mass is 9.98. The summed E-state index contributed by atoms with van der Waals surface area (Å²) in [4.78, 5) is 30.1. The summed E-state index contributed by atoms with van der Waals surface area (Å²) in [7, 11) is -3.92. The summed E-state index contributed by atoms with van der Waals surface area (Å²) in [6, 6.07) is 9.67. The minimum Gasteiger partial charge on any atom is -0.382 e. The monoisotopic (exact) mass is 472 g/mol. The van der Waals surface area contributed by atoms with Gasteiger partial charge < -0.3 is 14.7 Å². The maximum absolute atomic E-state index is 12.8. The Hall–Kier alpha value is -3.14. The number of carbonyl (C=O) groups excluding carboxylic acids is 2. The Balaban J connectivity index is 1.29. The molecule has 2 aliphatic rings. The van der Waals surface area contributed by atoms with E-state index in [0.29, 0.717) is 31.5 Å². The average Bonchev–Trinajstić information content (AvgIpc) is 3.17. The molecule has 2 aromatic rings. The maximum Gasteiger partial charge on any atom is 0.264 e. The molecule has 1 atom stereocenters. The Bertz CT molecular complexity index is 1180. The summed E-state index contributed by atoms with van der Waals surface area (Å²) in [5.74, 6) is -0.980. The maximum atomic E-state index is 12.8. The minimum absolute atomic E-state index is 0.0464. The Morgan fingerprint density at radius 2 is 1.94 bits per heavy atom. The zero-order chi connectivity index (χ0) is 23.6. The largest absolute Gasteiger partial charge is 0.382 e. The zero-order valence-corrected chi connectivity index (χ0v) is 19.5. The van der Waals surface area contributed by atoms with Crippen LogP contribution >= 0.6 is 0 Å². The molecule has 1 aromatic carbocycles. The summed E-state index contributed by atoms with van der Waals surface area (Å²) in [5, 5.41) is 6.77. The molecule has 2 N–H and O–H groups in total. The van der Waals surface area contributed by atoms with Crippen LogP contribution in [-0.4, -0.2) is 47.9 Å². The van der Waals surface area contributed by atoms with Gasteiger partial charge in [-0.15, -0.1) is 0 Å². The number of benzene rings is 1. The molecule has 33 heavy (non-hydrogen) atoms. The van der Waals surface area contributed by atoms with E-state index in [0.717, 1.165) is 16.7 Å². The zero-order valence-electron chi connectivity index (χ0n) is 18.7. The van der Waals surface area contributed by atoms with Crippen LogP contribution in [-0.2, 0) is 31.0 Å².